The lowest BCUT2D eigenvalue weighted by atomic mass is 10.1. The van der Waals surface area contributed by atoms with Crippen molar-refractivity contribution in [3.05, 3.63) is 0 Å². The number of amides is 2. The van der Waals surface area contributed by atoms with Crippen LogP contribution >= 0.6 is 0 Å². The average molecular weight is 272 g/mol. The zero-order chi connectivity index (χ0) is 14.4. The first-order valence-electron chi connectivity index (χ1n) is 6.38. The molecule has 0 spiro atoms. The Kier molecular flexibility index (Phi) is 3.34. The first-order valence-corrected chi connectivity index (χ1v) is 6.38. The molecule has 0 aromatic heterocycles. The van der Waals surface area contributed by atoms with E-state index in [-0.39, 0.29) is 12.6 Å². The van der Waals surface area contributed by atoms with Crippen molar-refractivity contribution < 1.29 is 24.5 Å². The molecule has 0 unspecified atom stereocenters. The molecule has 2 fully saturated rings. The number of likely N-dealkylation sites (tertiary alicyclic amines) is 2. The van der Waals surface area contributed by atoms with Crippen molar-refractivity contribution in [1.82, 2.24) is 9.80 Å². The van der Waals surface area contributed by atoms with E-state index in [0.717, 1.165) is 0 Å². The van der Waals surface area contributed by atoms with E-state index in [0.29, 0.717) is 13.0 Å². The first kappa shape index (κ1) is 13.9. The van der Waals surface area contributed by atoms with E-state index in [2.05, 4.69) is 0 Å². The van der Waals surface area contributed by atoms with Crippen molar-refractivity contribution in [3.8, 4) is 0 Å². The van der Waals surface area contributed by atoms with E-state index < -0.39 is 29.9 Å². The van der Waals surface area contributed by atoms with Crippen LogP contribution in [0.15, 0.2) is 0 Å². The fourth-order valence-electron chi connectivity index (χ4n) is 2.80. The summed E-state index contributed by atoms with van der Waals surface area (Å²) < 4.78 is 5.28. The summed E-state index contributed by atoms with van der Waals surface area (Å²) in [6, 6.07) is -0.828. The molecule has 2 saturated heterocycles. The third-order valence-corrected chi connectivity index (χ3v) is 3.47. The van der Waals surface area contributed by atoms with Gasteiger partial charge in [-0.15, -0.1) is 0 Å². The lowest BCUT2D eigenvalue weighted by molar-refractivity contribution is 0.0209. The van der Waals surface area contributed by atoms with Crippen LogP contribution in [0.2, 0.25) is 0 Å². The van der Waals surface area contributed by atoms with Crippen LogP contribution in [0.25, 0.3) is 0 Å². The van der Waals surface area contributed by atoms with E-state index in [1.807, 2.05) is 0 Å². The van der Waals surface area contributed by atoms with Gasteiger partial charge in [0.2, 0.25) is 0 Å². The number of fused-ring (bicyclic) bond motifs is 1. The standard InChI is InChI=1S/C12H20N2O5/c1-12(2,3)19-11(18)14-6-8(15)9-7(14)4-5-13(9)10(16)17/h7-9,15H,4-6H2,1-3H3,(H,16,17)/t7-,8+,9+/m1/s1. The quantitative estimate of drug-likeness (QED) is 0.678. The molecular weight excluding hydrogens is 252 g/mol. The number of nitrogens with zero attached hydrogens (tertiary/aromatic N) is 2. The van der Waals surface area contributed by atoms with Crippen molar-refractivity contribution in [2.45, 2.75) is 51.0 Å². The van der Waals surface area contributed by atoms with Gasteiger partial charge in [-0.1, -0.05) is 0 Å². The number of carboxylic acid groups (broad SMARTS) is 1. The van der Waals surface area contributed by atoms with Gasteiger partial charge in [-0.05, 0) is 27.2 Å². The summed E-state index contributed by atoms with van der Waals surface area (Å²) in [5.41, 5.74) is -0.606. The summed E-state index contributed by atoms with van der Waals surface area (Å²) in [6.07, 6.45) is -1.87. The van der Waals surface area contributed by atoms with E-state index in [4.69, 9.17) is 9.84 Å². The largest absolute Gasteiger partial charge is 0.465 e. The Bertz CT molecular complexity index is 392. The molecule has 0 radical (unpaired) electrons. The molecule has 0 aromatic carbocycles. The predicted octanol–water partition coefficient (Wildman–Crippen LogP) is 0.719. The minimum Gasteiger partial charge on any atom is -0.465 e. The topological polar surface area (TPSA) is 90.3 Å². The van der Waals surface area contributed by atoms with Gasteiger partial charge in [0.25, 0.3) is 0 Å². The number of carbonyl (C=O) groups excluding carboxylic acids is 1. The van der Waals surface area contributed by atoms with E-state index in [9.17, 15) is 14.7 Å². The minimum absolute atomic E-state index is 0.119. The molecule has 0 saturated carbocycles. The summed E-state index contributed by atoms with van der Waals surface area (Å²) in [5.74, 6) is 0. The van der Waals surface area contributed by atoms with Gasteiger partial charge in [0.05, 0.1) is 24.7 Å². The van der Waals surface area contributed by atoms with Crippen LogP contribution < -0.4 is 0 Å². The lowest BCUT2D eigenvalue weighted by Gasteiger charge is -2.27. The second-order valence-electron chi connectivity index (χ2n) is 6.02. The van der Waals surface area contributed by atoms with Gasteiger partial charge in [-0.2, -0.15) is 0 Å². The predicted molar refractivity (Wildman–Crippen MR) is 65.9 cm³/mol. The molecular formula is C12H20N2O5. The van der Waals surface area contributed by atoms with Crippen LogP contribution in [0.3, 0.4) is 0 Å². The summed E-state index contributed by atoms with van der Waals surface area (Å²) in [5, 5.41) is 19.1. The molecule has 2 aliphatic rings. The maximum absolute atomic E-state index is 12.1. The summed E-state index contributed by atoms with van der Waals surface area (Å²) in [7, 11) is 0. The Balaban J connectivity index is 2.11. The summed E-state index contributed by atoms with van der Waals surface area (Å²) in [4.78, 5) is 25.8. The third kappa shape index (κ3) is 2.60. The van der Waals surface area contributed by atoms with Crippen molar-refractivity contribution in [2.24, 2.45) is 0 Å². The van der Waals surface area contributed by atoms with E-state index in [1.54, 1.807) is 20.8 Å². The fourth-order valence-corrected chi connectivity index (χ4v) is 2.80. The van der Waals surface area contributed by atoms with E-state index >= 15 is 0 Å². The number of rotatable bonds is 0. The smallest absolute Gasteiger partial charge is 0.410 e. The minimum atomic E-state index is -1.06. The highest BCUT2D eigenvalue weighted by atomic mass is 16.6. The van der Waals surface area contributed by atoms with Crippen molar-refractivity contribution in [1.29, 1.82) is 0 Å². The Hall–Kier alpha value is -1.50. The zero-order valence-electron chi connectivity index (χ0n) is 11.4. The average Bonchev–Trinajstić information content (AvgIpc) is 2.77. The molecule has 2 N–H and O–H groups in total. The van der Waals surface area contributed by atoms with Gasteiger partial charge in [0.1, 0.15) is 5.60 Å². The van der Waals surface area contributed by atoms with Gasteiger partial charge < -0.3 is 24.7 Å². The fraction of sp³-hybridized carbons (Fsp3) is 0.833. The number of ether oxygens (including phenoxy) is 1. The van der Waals surface area contributed by atoms with Gasteiger partial charge in [-0.25, -0.2) is 9.59 Å². The number of hydrogen-bond donors (Lipinski definition) is 2. The molecule has 3 atom stereocenters. The molecule has 19 heavy (non-hydrogen) atoms. The Morgan fingerprint density at radius 1 is 1.26 bits per heavy atom. The van der Waals surface area contributed by atoms with Crippen LogP contribution in [-0.2, 0) is 4.74 Å². The summed E-state index contributed by atoms with van der Waals surface area (Å²) in [6.45, 7) is 5.77. The second-order valence-corrected chi connectivity index (χ2v) is 6.02. The van der Waals surface area contributed by atoms with Gasteiger partial charge in [0.15, 0.2) is 0 Å². The maximum Gasteiger partial charge on any atom is 0.410 e. The van der Waals surface area contributed by atoms with Crippen LogP contribution in [0, 0.1) is 0 Å². The van der Waals surface area contributed by atoms with Gasteiger partial charge in [0, 0.05) is 6.54 Å². The van der Waals surface area contributed by atoms with Gasteiger partial charge in [-0.3, -0.25) is 0 Å². The van der Waals surface area contributed by atoms with Crippen molar-refractivity contribution in [2.75, 3.05) is 13.1 Å². The Labute approximate surface area is 111 Å². The molecule has 2 aliphatic heterocycles. The monoisotopic (exact) mass is 272 g/mol. The van der Waals surface area contributed by atoms with E-state index in [1.165, 1.54) is 9.80 Å². The molecule has 7 heteroatoms. The van der Waals surface area contributed by atoms with Crippen LogP contribution in [-0.4, -0.2) is 69.1 Å². The number of carbonyl (C=O) groups is 2. The number of β-amino-alcohol motifs (C(OH)–C–C–N with tert-alkyl or cyclic N) is 1. The maximum atomic E-state index is 12.1. The number of aliphatic hydroxyl groups is 1. The molecule has 0 aliphatic carbocycles. The molecule has 108 valence electrons. The summed E-state index contributed by atoms with van der Waals surface area (Å²) >= 11 is 0. The Morgan fingerprint density at radius 2 is 1.89 bits per heavy atom. The molecule has 2 amide bonds. The number of aliphatic hydroxyl groups excluding tert-OH is 1. The molecule has 7 nitrogen and oxygen atoms in total. The van der Waals surface area contributed by atoms with Crippen molar-refractivity contribution in [3.63, 3.8) is 0 Å². The van der Waals surface area contributed by atoms with Gasteiger partial charge >= 0.3 is 12.2 Å². The molecule has 0 aromatic rings. The van der Waals surface area contributed by atoms with Crippen LogP contribution in [0.5, 0.6) is 0 Å². The normalized spacial score (nSPS) is 30.4. The molecule has 2 heterocycles. The Morgan fingerprint density at radius 3 is 2.42 bits per heavy atom. The molecule has 2 rings (SSSR count). The SMILES string of the molecule is CC(C)(C)OC(=O)N1C[C@H](O)[C@@H]2[C@H]1CCN2C(=O)O. The highest BCUT2D eigenvalue weighted by Gasteiger charge is 2.52. The van der Waals surface area contributed by atoms with Crippen LogP contribution in [0.4, 0.5) is 9.59 Å². The first-order chi connectivity index (χ1) is 8.70. The zero-order valence-corrected chi connectivity index (χ0v) is 11.4. The third-order valence-electron chi connectivity index (χ3n) is 3.47. The molecule has 0 bridgehead atoms. The van der Waals surface area contributed by atoms with Crippen molar-refractivity contribution >= 4 is 12.2 Å². The highest BCUT2D eigenvalue weighted by Crippen LogP contribution is 2.32. The lowest BCUT2D eigenvalue weighted by Crippen LogP contribution is -2.44. The highest BCUT2D eigenvalue weighted by molar-refractivity contribution is 5.71. The number of hydrogen-bond acceptors (Lipinski definition) is 4. The van der Waals surface area contributed by atoms with Crippen LogP contribution in [0.1, 0.15) is 27.2 Å². The second kappa shape index (κ2) is 4.56.